The van der Waals surface area contributed by atoms with Crippen LogP contribution in [0.5, 0.6) is 0 Å². The van der Waals surface area contributed by atoms with Gasteiger partial charge >= 0.3 is 0 Å². The van der Waals surface area contributed by atoms with E-state index in [1.165, 1.54) is 6.92 Å². The van der Waals surface area contributed by atoms with Gasteiger partial charge in [0.1, 0.15) is 0 Å². The van der Waals surface area contributed by atoms with Gasteiger partial charge in [-0.05, 0) is 33.6 Å². The maximum Gasteiger partial charge on any atom is 0.300 e. The summed E-state index contributed by atoms with van der Waals surface area (Å²) in [5, 5.41) is 8.73. The second-order valence-electron chi connectivity index (χ2n) is 6.59. The number of nitriles is 1. The summed E-state index contributed by atoms with van der Waals surface area (Å²) in [4.78, 5) is 11.1. The molecule has 7 nitrogen and oxygen atoms in total. The van der Waals surface area contributed by atoms with Crippen LogP contribution in [0.15, 0.2) is 0 Å². The van der Waals surface area contributed by atoms with Crippen LogP contribution in [0.1, 0.15) is 48.0 Å². The molecule has 0 bridgehead atoms. The van der Waals surface area contributed by atoms with Crippen molar-refractivity contribution < 1.29 is 54.4 Å². The summed E-state index contributed by atoms with van der Waals surface area (Å²) >= 11 is 0. The molecule has 1 rings (SSSR count). The Morgan fingerprint density at radius 1 is 1.31 bits per heavy atom. The summed E-state index contributed by atoms with van der Waals surface area (Å²) in [7, 11) is -1.30. The zero-order chi connectivity index (χ0) is 19.0. The van der Waals surface area contributed by atoms with Gasteiger partial charge in [-0.15, -0.1) is 0 Å². The average Bonchev–Trinajstić information content (AvgIpc) is 2.84. The van der Waals surface area contributed by atoms with Crippen LogP contribution < -0.4 is 0 Å². The van der Waals surface area contributed by atoms with E-state index in [-0.39, 0.29) is 67.3 Å². The van der Waals surface area contributed by atoms with E-state index in [2.05, 4.69) is 38.4 Å². The van der Waals surface area contributed by atoms with Gasteiger partial charge in [0.15, 0.2) is 0 Å². The number of hydrogen-bond acceptors (Lipinski definition) is 7. The quantitative estimate of drug-likeness (QED) is 0.162. The standard InChI is InChI=1S/C17H30N2O5P.U/c1-12(2)19(13(3)4)25(22-9-7-8-18)23-11-16-14(5)17(10-21-16)24-15(6)20;/h10,12-14,16-17H,7,9,11H2,1-6H3;/q-1;. The molecule has 4 atom stereocenters. The third-order valence-corrected chi connectivity index (χ3v) is 5.88. The zero-order valence-electron chi connectivity index (χ0n) is 16.5. The van der Waals surface area contributed by atoms with E-state index >= 15 is 0 Å². The fraction of sp³-hybridized carbons (Fsp3) is 0.824. The molecule has 0 aliphatic carbocycles. The van der Waals surface area contributed by atoms with Gasteiger partial charge < -0.3 is 18.5 Å². The van der Waals surface area contributed by atoms with Gasteiger partial charge in [-0.3, -0.25) is 4.79 Å². The smallest absolute Gasteiger partial charge is 0.300 e. The van der Waals surface area contributed by atoms with Gasteiger partial charge in [-0.1, -0.05) is 6.92 Å². The Morgan fingerprint density at radius 3 is 2.42 bits per heavy atom. The van der Waals surface area contributed by atoms with E-state index in [4.69, 9.17) is 23.8 Å². The van der Waals surface area contributed by atoms with Gasteiger partial charge in [-0.2, -0.15) is 11.9 Å². The zero-order valence-corrected chi connectivity index (χ0v) is 21.5. The molecule has 9 heteroatoms. The summed E-state index contributed by atoms with van der Waals surface area (Å²) in [6, 6.07) is 2.57. The number of esters is 1. The molecule has 0 spiro atoms. The first-order chi connectivity index (χ1) is 11.8. The van der Waals surface area contributed by atoms with Crippen LogP contribution in [-0.2, 0) is 23.3 Å². The maximum atomic E-state index is 11.1. The molecule has 0 amide bonds. The van der Waals surface area contributed by atoms with Crippen molar-refractivity contribution in [1.29, 1.82) is 5.26 Å². The molecule has 0 N–H and O–H groups in total. The Kier molecular flexibility index (Phi) is 13.6. The SMILES string of the molecule is CC(=O)OC1[CH-]OC(COP(OCCC#N)N(C(C)C)C(C)C)C1C.[U]. The fourth-order valence-electron chi connectivity index (χ4n) is 2.61. The van der Waals surface area contributed by atoms with Crippen LogP contribution in [0.2, 0.25) is 0 Å². The third kappa shape index (κ3) is 8.53. The van der Waals surface area contributed by atoms with Crippen LogP contribution >= 0.6 is 8.53 Å². The van der Waals surface area contributed by atoms with E-state index in [1.807, 2.05) is 6.92 Å². The third-order valence-electron chi connectivity index (χ3n) is 3.81. The maximum absolute atomic E-state index is 11.1. The van der Waals surface area contributed by atoms with Crippen molar-refractivity contribution in [3.8, 4) is 6.07 Å². The number of hydrogen-bond donors (Lipinski definition) is 0. The van der Waals surface area contributed by atoms with Crippen molar-refractivity contribution in [2.24, 2.45) is 5.92 Å². The predicted molar refractivity (Wildman–Crippen MR) is 95.1 cm³/mol. The number of rotatable bonds is 10. The van der Waals surface area contributed by atoms with Crippen LogP contribution in [0.4, 0.5) is 0 Å². The summed E-state index contributed by atoms with van der Waals surface area (Å²) in [6.45, 7) is 13.9. The molecular weight excluding hydrogens is 581 g/mol. The molecule has 4 unspecified atom stereocenters. The monoisotopic (exact) mass is 611 g/mol. The van der Waals surface area contributed by atoms with Crippen molar-refractivity contribution in [2.45, 2.75) is 72.3 Å². The molecule has 0 radical (unpaired) electrons. The van der Waals surface area contributed by atoms with Crippen LogP contribution in [-0.4, -0.2) is 48.1 Å². The topological polar surface area (TPSA) is 81.0 Å². The van der Waals surface area contributed by atoms with Gasteiger partial charge in [0.25, 0.3) is 14.5 Å². The van der Waals surface area contributed by atoms with Crippen molar-refractivity contribution in [1.82, 2.24) is 4.67 Å². The molecule has 1 aliphatic rings. The van der Waals surface area contributed by atoms with E-state index in [0.717, 1.165) is 0 Å². The van der Waals surface area contributed by atoms with Gasteiger partial charge in [-0.25, -0.2) is 4.67 Å². The molecule has 0 saturated carbocycles. The molecule has 26 heavy (non-hydrogen) atoms. The largest absolute Gasteiger partial charge is 0.544 e. The Morgan fingerprint density at radius 2 is 1.92 bits per heavy atom. The molecule has 1 saturated heterocycles. The van der Waals surface area contributed by atoms with Gasteiger partial charge in [0.2, 0.25) is 0 Å². The average molecular weight is 611 g/mol. The first-order valence-electron chi connectivity index (χ1n) is 8.65. The van der Waals surface area contributed by atoms with E-state index in [9.17, 15) is 4.79 Å². The minimum Gasteiger partial charge on any atom is -0.544 e. The van der Waals surface area contributed by atoms with Crippen molar-refractivity contribution in [3.63, 3.8) is 0 Å². The minimum atomic E-state index is -1.30. The molecule has 148 valence electrons. The van der Waals surface area contributed by atoms with Crippen LogP contribution in [0.25, 0.3) is 0 Å². The van der Waals surface area contributed by atoms with Crippen molar-refractivity contribution >= 4 is 14.5 Å². The Bertz CT molecular complexity index is 453. The number of nitrogens with zero attached hydrogens (tertiary/aromatic N) is 2. The molecule has 0 aromatic rings. The molecule has 1 fully saturated rings. The number of ether oxygens (including phenoxy) is 2. The van der Waals surface area contributed by atoms with Crippen molar-refractivity contribution in [3.05, 3.63) is 6.61 Å². The van der Waals surface area contributed by atoms with E-state index in [0.29, 0.717) is 19.6 Å². The second-order valence-corrected chi connectivity index (χ2v) is 8.04. The molecule has 1 aliphatic heterocycles. The minimum absolute atomic E-state index is 0. The Balaban J connectivity index is 0.00000625. The number of carbonyl (C=O) groups is 1. The fourth-order valence-corrected chi connectivity index (χ4v) is 4.22. The summed E-state index contributed by atoms with van der Waals surface area (Å²) in [6.07, 6.45) is -0.233. The molecule has 1 heterocycles. The second kappa shape index (κ2) is 13.5. The first-order valence-corrected chi connectivity index (χ1v) is 9.78. The summed E-state index contributed by atoms with van der Waals surface area (Å²) in [5.74, 6) is -0.322. The summed E-state index contributed by atoms with van der Waals surface area (Å²) < 4.78 is 24.9. The molecular formula is C17H30N2O5PU-. The molecule has 0 aromatic carbocycles. The van der Waals surface area contributed by atoms with Gasteiger partial charge in [0, 0.05) is 56.2 Å². The normalized spacial score (nSPS) is 23.8. The molecule has 0 aromatic heterocycles. The Labute approximate surface area is 182 Å². The van der Waals surface area contributed by atoms with E-state index < -0.39 is 8.53 Å². The van der Waals surface area contributed by atoms with Crippen molar-refractivity contribution in [2.75, 3.05) is 13.2 Å². The predicted octanol–water partition coefficient (Wildman–Crippen LogP) is 3.41. The van der Waals surface area contributed by atoms with Gasteiger partial charge in [0.05, 0.1) is 31.8 Å². The van der Waals surface area contributed by atoms with Crippen LogP contribution in [0.3, 0.4) is 0 Å². The first kappa shape index (κ1) is 26.3. The van der Waals surface area contributed by atoms with E-state index in [1.54, 1.807) is 6.61 Å². The summed E-state index contributed by atoms with van der Waals surface area (Å²) in [5.41, 5.74) is 0. The number of carbonyl (C=O) groups excluding carboxylic acids is 1. The Hall–Kier alpha value is 0.282. The van der Waals surface area contributed by atoms with Crippen LogP contribution in [0, 0.1) is 55.0 Å².